The van der Waals surface area contributed by atoms with E-state index in [0.717, 1.165) is 9.86 Å². The third-order valence-corrected chi connectivity index (χ3v) is 3.52. The van der Waals surface area contributed by atoms with E-state index >= 15 is 0 Å². The maximum absolute atomic E-state index is 14.5. The molecule has 2 aromatic rings. The number of fused-ring (bicyclic) bond motifs is 1. The Hall–Kier alpha value is -1.03. The van der Waals surface area contributed by atoms with E-state index in [1.54, 1.807) is 12.3 Å². The molecule has 0 aliphatic rings. The van der Waals surface area contributed by atoms with Gasteiger partial charge in [-0.3, -0.25) is 0 Å². The molecule has 0 saturated heterocycles. The van der Waals surface area contributed by atoms with Crippen molar-refractivity contribution >= 4 is 27.0 Å². The lowest BCUT2D eigenvalue weighted by Crippen LogP contribution is -2.19. The molecule has 0 bridgehead atoms. The summed E-state index contributed by atoms with van der Waals surface area (Å²) in [5.41, 5.74) is -0.275. The van der Waals surface area contributed by atoms with Crippen molar-refractivity contribution in [3.05, 3.63) is 34.6 Å². The summed E-state index contributed by atoms with van der Waals surface area (Å²) >= 11 is 3.35. The summed E-state index contributed by atoms with van der Waals surface area (Å²) in [7, 11) is 0. The fourth-order valence-corrected chi connectivity index (χ4v) is 2.19. The number of rotatable bonds is 3. The number of alkyl halides is 1. The number of pyridine rings is 2. The van der Waals surface area contributed by atoms with Gasteiger partial charge in [0.2, 0.25) is 0 Å². The molecule has 0 aromatic carbocycles. The molecule has 17 heavy (non-hydrogen) atoms. The predicted octanol–water partition coefficient (Wildman–Crippen LogP) is 4.38. The molecule has 0 aliphatic heterocycles. The zero-order valence-electron chi connectivity index (χ0n) is 9.87. The van der Waals surface area contributed by atoms with Crippen molar-refractivity contribution in [2.75, 3.05) is 0 Å². The van der Waals surface area contributed by atoms with Gasteiger partial charge >= 0.3 is 0 Å². The Kier molecular flexibility index (Phi) is 3.43. The highest BCUT2D eigenvalue weighted by atomic mass is 79.9. The van der Waals surface area contributed by atoms with Crippen LogP contribution in [-0.2, 0) is 5.67 Å². The Labute approximate surface area is 108 Å². The third kappa shape index (κ3) is 2.32. The first kappa shape index (κ1) is 12.4. The molecule has 2 heterocycles. The molecule has 2 nitrogen and oxygen atoms in total. The molecule has 0 aliphatic carbocycles. The molecule has 0 N–H and O–H groups in total. The fourth-order valence-electron chi connectivity index (χ4n) is 1.85. The molecule has 0 atom stereocenters. The van der Waals surface area contributed by atoms with Gasteiger partial charge in [-0.15, -0.1) is 0 Å². The fraction of sp³-hybridized carbons (Fsp3) is 0.385. The van der Waals surface area contributed by atoms with E-state index < -0.39 is 5.67 Å². The van der Waals surface area contributed by atoms with Crippen LogP contribution in [0.1, 0.15) is 32.4 Å². The monoisotopic (exact) mass is 296 g/mol. The van der Waals surface area contributed by atoms with Crippen LogP contribution in [0.5, 0.6) is 0 Å². The van der Waals surface area contributed by atoms with Gasteiger partial charge in [-0.1, -0.05) is 13.8 Å². The number of nitrogens with zero attached hydrogens (tertiary/aromatic N) is 2. The first-order valence-electron chi connectivity index (χ1n) is 5.71. The lowest BCUT2D eigenvalue weighted by Gasteiger charge is -2.21. The van der Waals surface area contributed by atoms with Crippen LogP contribution in [0, 0.1) is 0 Å². The Morgan fingerprint density at radius 2 is 2.00 bits per heavy atom. The average Bonchev–Trinajstić information content (AvgIpc) is 2.37. The number of hydrogen-bond donors (Lipinski definition) is 0. The largest absolute Gasteiger partial charge is 0.237 e. The minimum absolute atomic E-state index is 0.429. The molecule has 90 valence electrons. The van der Waals surface area contributed by atoms with Crippen LogP contribution in [0.2, 0.25) is 0 Å². The van der Waals surface area contributed by atoms with E-state index in [1.807, 2.05) is 26.0 Å². The molecule has 4 heteroatoms. The smallest absolute Gasteiger partial charge is 0.159 e. The van der Waals surface area contributed by atoms with Gasteiger partial charge < -0.3 is 0 Å². The van der Waals surface area contributed by atoms with Crippen molar-refractivity contribution in [2.24, 2.45) is 0 Å². The van der Waals surface area contributed by atoms with E-state index in [9.17, 15) is 4.39 Å². The summed E-state index contributed by atoms with van der Waals surface area (Å²) in [6.07, 6.45) is 2.54. The molecule has 0 saturated carbocycles. The highest BCUT2D eigenvalue weighted by molar-refractivity contribution is 9.10. The highest BCUT2D eigenvalue weighted by Crippen LogP contribution is 2.32. The lowest BCUT2D eigenvalue weighted by molar-refractivity contribution is 0.146. The van der Waals surface area contributed by atoms with Crippen LogP contribution >= 0.6 is 15.9 Å². The summed E-state index contributed by atoms with van der Waals surface area (Å²) in [6.45, 7) is 3.68. The lowest BCUT2D eigenvalue weighted by atomic mass is 9.95. The molecule has 0 unspecified atom stereocenters. The van der Waals surface area contributed by atoms with Crippen LogP contribution in [-0.4, -0.2) is 9.97 Å². The molecule has 0 fully saturated rings. The van der Waals surface area contributed by atoms with Crippen molar-refractivity contribution in [2.45, 2.75) is 32.4 Å². The van der Waals surface area contributed by atoms with Crippen molar-refractivity contribution < 1.29 is 4.39 Å². The second kappa shape index (κ2) is 4.69. The van der Waals surface area contributed by atoms with Gasteiger partial charge in [0.1, 0.15) is 0 Å². The van der Waals surface area contributed by atoms with Gasteiger partial charge in [-0.2, -0.15) is 0 Å². The summed E-state index contributed by atoms with van der Waals surface area (Å²) in [5, 5.41) is 0.915. The van der Waals surface area contributed by atoms with Gasteiger partial charge in [-0.25, -0.2) is 14.4 Å². The summed E-state index contributed by atoms with van der Waals surface area (Å²) < 4.78 is 15.4. The average molecular weight is 297 g/mol. The topological polar surface area (TPSA) is 25.8 Å². The van der Waals surface area contributed by atoms with E-state index in [0.29, 0.717) is 24.2 Å². The maximum Gasteiger partial charge on any atom is 0.159 e. The summed E-state index contributed by atoms with van der Waals surface area (Å²) in [6, 6.07) is 5.55. The van der Waals surface area contributed by atoms with Crippen LogP contribution in [0.3, 0.4) is 0 Å². The van der Waals surface area contributed by atoms with Crippen molar-refractivity contribution in [3.8, 4) is 0 Å². The minimum Gasteiger partial charge on any atom is -0.237 e. The van der Waals surface area contributed by atoms with Gasteiger partial charge in [0.15, 0.2) is 11.3 Å². The predicted molar refractivity (Wildman–Crippen MR) is 70.6 cm³/mol. The number of halogens is 2. The molecule has 0 amide bonds. The zero-order chi connectivity index (χ0) is 12.5. The zero-order valence-corrected chi connectivity index (χ0v) is 11.5. The second-order valence-corrected chi connectivity index (χ2v) is 4.98. The van der Waals surface area contributed by atoms with Crippen molar-refractivity contribution in [1.29, 1.82) is 0 Å². The van der Waals surface area contributed by atoms with Crippen LogP contribution in [0.15, 0.2) is 28.9 Å². The van der Waals surface area contributed by atoms with Crippen LogP contribution in [0.4, 0.5) is 4.39 Å². The molecular formula is C13H14BrFN2. The SMILES string of the molecule is CCC(F)(CC)c1ccc2cc(Br)cnc2n1. The van der Waals surface area contributed by atoms with E-state index in [2.05, 4.69) is 25.9 Å². The summed E-state index contributed by atoms with van der Waals surface area (Å²) in [5.74, 6) is 0. The Balaban J connectivity index is 2.55. The number of aromatic nitrogens is 2. The molecular weight excluding hydrogens is 283 g/mol. The van der Waals surface area contributed by atoms with Gasteiger partial charge in [0.05, 0.1) is 5.69 Å². The first-order valence-corrected chi connectivity index (χ1v) is 6.50. The summed E-state index contributed by atoms with van der Waals surface area (Å²) in [4.78, 5) is 8.52. The second-order valence-electron chi connectivity index (χ2n) is 4.07. The molecule has 0 spiro atoms. The molecule has 2 rings (SSSR count). The van der Waals surface area contributed by atoms with E-state index in [-0.39, 0.29) is 0 Å². The normalized spacial score (nSPS) is 12.0. The molecule has 0 radical (unpaired) electrons. The van der Waals surface area contributed by atoms with E-state index in [4.69, 9.17) is 0 Å². The Morgan fingerprint density at radius 3 is 2.65 bits per heavy atom. The standard InChI is InChI=1S/C13H14BrFN2/c1-3-13(15,4-2)11-6-5-9-7-10(14)8-16-12(9)17-11/h5-8H,3-4H2,1-2H3. The van der Waals surface area contributed by atoms with Crippen molar-refractivity contribution in [3.63, 3.8) is 0 Å². The minimum atomic E-state index is -1.34. The van der Waals surface area contributed by atoms with Crippen LogP contribution < -0.4 is 0 Å². The Morgan fingerprint density at radius 1 is 1.29 bits per heavy atom. The first-order chi connectivity index (χ1) is 8.09. The van der Waals surface area contributed by atoms with Gasteiger partial charge in [0, 0.05) is 16.1 Å². The van der Waals surface area contributed by atoms with E-state index in [1.165, 1.54) is 0 Å². The van der Waals surface area contributed by atoms with Gasteiger partial charge in [0.25, 0.3) is 0 Å². The third-order valence-electron chi connectivity index (χ3n) is 3.09. The highest BCUT2D eigenvalue weighted by Gasteiger charge is 2.29. The van der Waals surface area contributed by atoms with Gasteiger partial charge in [-0.05, 0) is 47.0 Å². The quantitative estimate of drug-likeness (QED) is 0.840. The number of hydrogen-bond acceptors (Lipinski definition) is 2. The Bertz CT molecular complexity index is 538. The van der Waals surface area contributed by atoms with Crippen LogP contribution in [0.25, 0.3) is 11.0 Å². The van der Waals surface area contributed by atoms with Crippen molar-refractivity contribution in [1.82, 2.24) is 9.97 Å². The molecule has 2 aromatic heterocycles. The maximum atomic E-state index is 14.5.